The highest BCUT2D eigenvalue weighted by molar-refractivity contribution is 5.55. The Kier molecular flexibility index (Phi) is 5.30. The predicted molar refractivity (Wildman–Crippen MR) is 60.1 cm³/mol. The van der Waals surface area contributed by atoms with E-state index in [-0.39, 0.29) is 0 Å². The largest absolute Gasteiger partial charge is 0.497 e. The molecule has 0 aliphatic heterocycles. The van der Waals surface area contributed by atoms with Crippen molar-refractivity contribution in [3.05, 3.63) is 29.8 Å². The third kappa shape index (κ3) is 4.49. The molecule has 1 aromatic carbocycles. The van der Waals surface area contributed by atoms with Gasteiger partial charge in [0, 0.05) is 0 Å². The number of nitrogens with zero attached hydrogens (tertiary/aromatic N) is 1. The number of hydrogen-bond acceptors (Lipinski definition) is 3. The number of hydrogen-bond donors (Lipinski definition) is 0. The summed E-state index contributed by atoms with van der Waals surface area (Å²) in [6, 6.07) is 7.71. The zero-order valence-electron chi connectivity index (χ0n) is 9.19. The van der Waals surface area contributed by atoms with E-state index in [0.717, 1.165) is 24.2 Å². The van der Waals surface area contributed by atoms with Crippen molar-refractivity contribution >= 4 is 6.21 Å². The lowest BCUT2D eigenvalue weighted by molar-refractivity contribution is 0.131. The Labute approximate surface area is 90.7 Å². The van der Waals surface area contributed by atoms with Crippen LogP contribution in [0.4, 0.5) is 0 Å². The van der Waals surface area contributed by atoms with Crippen LogP contribution in [0.15, 0.2) is 29.4 Å². The van der Waals surface area contributed by atoms with Crippen LogP contribution in [0, 0.1) is 0 Å². The van der Waals surface area contributed by atoms with E-state index in [1.807, 2.05) is 24.3 Å². The van der Waals surface area contributed by atoms with Crippen molar-refractivity contribution < 1.29 is 9.57 Å². The first-order valence-corrected chi connectivity index (χ1v) is 5.04. The van der Waals surface area contributed by atoms with Crippen LogP contribution in [0.2, 0.25) is 0 Å². The van der Waals surface area contributed by atoms with Crippen LogP contribution in [0.25, 0.3) is 0 Å². The maximum atomic E-state index is 5.07. The fourth-order valence-electron chi connectivity index (χ4n) is 1.03. The third-order valence-corrected chi connectivity index (χ3v) is 1.88. The zero-order chi connectivity index (χ0) is 10.9. The molecule has 0 aromatic heterocycles. The summed E-state index contributed by atoms with van der Waals surface area (Å²) in [5.74, 6) is 0.847. The highest BCUT2D eigenvalue weighted by Gasteiger charge is 1.93. The van der Waals surface area contributed by atoms with E-state index in [9.17, 15) is 0 Å². The fraction of sp³-hybridized carbons (Fsp3) is 0.417. The lowest BCUT2D eigenvalue weighted by Crippen LogP contribution is -1.88. The summed E-state index contributed by atoms with van der Waals surface area (Å²) in [5.41, 5.74) is 1.07. The summed E-state index contributed by atoms with van der Waals surface area (Å²) in [4.78, 5) is 5.07. The average molecular weight is 206 g/mol. The molecule has 0 unspecified atom stereocenters. The number of methoxy groups -OCH3 is 1. The maximum Gasteiger partial charge on any atom is 0.142 e. The maximum absolute atomic E-state index is 5.07. The first-order chi connectivity index (χ1) is 7.36. The Morgan fingerprint density at radius 3 is 2.60 bits per heavy atom. The molecule has 0 heterocycles. The van der Waals surface area contributed by atoms with Crippen molar-refractivity contribution in [3.63, 3.8) is 0 Å². The molecule has 1 aromatic rings. The van der Waals surface area contributed by atoms with Gasteiger partial charge in [-0.05, 0) is 24.1 Å². The van der Waals surface area contributed by atoms with Crippen molar-refractivity contribution in [2.24, 2.45) is 5.16 Å². The summed E-state index contributed by atoms with van der Waals surface area (Å²) in [6.45, 7) is 2.55. The minimum Gasteiger partial charge on any atom is -0.497 e. The molecule has 0 aliphatic rings. The van der Waals surface area contributed by atoms with Gasteiger partial charge < -0.3 is 9.57 Å². The first kappa shape index (κ1) is 11.6. The van der Waals surface area contributed by atoms with Crippen LogP contribution >= 0.6 is 0 Å². The van der Waals surface area contributed by atoms with Gasteiger partial charge in [-0.3, -0.25) is 0 Å². The van der Waals surface area contributed by atoms with Gasteiger partial charge in [0.15, 0.2) is 0 Å². The number of benzene rings is 1. The SMILES string of the molecule is CCC/[C]=N/OCc1ccc(OC)cc1. The molecule has 0 atom stereocenters. The molecule has 0 fully saturated rings. The van der Waals surface area contributed by atoms with Gasteiger partial charge in [-0.1, -0.05) is 30.6 Å². The van der Waals surface area contributed by atoms with Crippen LogP contribution < -0.4 is 4.74 Å². The van der Waals surface area contributed by atoms with E-state index in [4.69, 9.17) is 9.57 Å². The highest BCUT2D eigenvalue weighted by Crippen LogP contribution is 2.11. The van der Waals surface area contributed by atoms with Crippen LogP contribution in [-0.2, 0) is 11.4 Å². The van der Waals surface area contributed by atoms with E-state index < -0.39 is 0 Å². The lowest BCUT2D eigenvalue weighted by Gasteiger charge is -2.01. The Morgan fingerprint density at radius 2 is 2.00 bits per heavy atom. The summed E-state index contributed by atoms with van der Waals surface area (Å²) in [7, 11) is 1.65. The fourth-order valence-corrected chi connectivity index (χ4v) is 1.03. The van der Waals surface area contributed by atoms with Gasteiger partial charge in [0.1, 0.15) is 18.6 Å². The van der Waals surface area contributed by atoms with Gasteiger partial charge >= 0.3 is 0 Å². The van der Waals surface area contributed by atoms with Crippen LogP contribution in [0.3, 0.4) is 0 Å². The number of rotatable bonds is 6. The minimum atomic E-state index is 0.473. The summed E-state index contributed by atoms with van der Waals surface area (Å²) >= 11 is 0. The molecule has 15 heavy (non-hydrogen) atoms. The second-order valence-electron chi connectivity index (χ2n) is 3.12. The highest BCUT2D eigenvalue weighted by atomic mass is 16.6. The predicted octanol–water partition coefficient (Wildman–Crippen LogP) is 2.87. The Hall–Kier alpha value is -1.51. The standard InChI is InChI=1S/C12H16NO2/c1-3-4-9-13-15-10-11-5-7-12(14-2)8-6-11/h5-8H,3-4,10H2,1-2H3. The first-order valence-electron chi connectivity index (χ1n) is 5.04. The van der Waals surface area contributed by atoms with Crippen molar-refractivity contribution in [1.29, 1.82) is 0 Å². The van der Waals surface area contributed by atoms with Gasteiger partial charge in [0.2, 0.25) is 0 Å². The van der Waals surface area contributed by atoms with E-state index in [1.54, 1.807) is 7.11 Å². The molecule has 3 heteroatoms. The average Bonchev–Trinajstić information content (AvgIpc) is 2.30. The van der Waals surface area contributed by atoms with Gasteiger partial charge in [-0.2, -0.15) is 0 Å². The van der Waals surface area contributed by atoms with E-state index in [2.05, 4.69) is 18.3 Å². The van der Waals surface area contributed by atoms with E-state index in [1.165, 1.54) is 0 Å². The quantitative estimate of drug-likeness (QED) is 0.529. The molecule has 81 valence electrons. The Morgan fingerprint density at radius 1 is 1.27 bits per heavy atom. The molecule has 0 amide bonds. The Bertz CT molecular complexity index is 293. The normalized spacial score (nSPS) is 10.5. The molecule has 1 rings (SSSR count). The van der Waals surface area contributed by atoms with Crippen molar-refractivity contribution in [2.45, 2.75) is 26.4 Å². The molecule has 0 aliphatic carbocycles. The van der Waals surface area contributed by atoms with Crippen molar-refractivity contribution in [1.82, 2.24) is 0 Å². The molecule has 0 bridgehead atoms. The molecular weight excluding hydrogens is 190 g/mol. The van der Waals surface area contributed by atoms with Gasteiger partial charge in [-0.25, -0.2) is 0 Å². The molecular formula is C12H16NO2. The summed E-state index contributed by atoms with van der Waals surface area (Å²) in [6.07, 6.45) is 4.68. The van der Waals surface area contributed by atoms with E-state index >= 15 is 0 Å². The molecule has 1 radical (unpaired) electrons. The Balaban J connectivity index is 2.31. The van der Waals surface area contributed by atoms with Crippen LogP contribution in [-0.4, -0.2) is 13.3 Å². The van der Waals surface area contributed by atoms with E-state index in [0.29, 0.717) is 6.61 Å². The summed E-state index contributed by atoms with van der Waals surface area (Å²) < 4.78 is 5.05. The number of ether oxygens (including phenoxy) is 1. The van der Waals surface area contributed by atoms with Gasteiger partial charge in [0.05, 0.1) is 7.11 Å². The third-order valence-electron chi connectivity index (χ3n) is 1.88. The van der Waals surface area contributed by atoms with Gasteiger partial charge in [0.25, 0.3) is 0 Å². The smallest absolute Gasteiger partial charge is 0.142 e. The second kappa shape index (κ2) is 6.87. The molecule has 3 nitrogen and oxygen atoms in total. The van der Waals surface area contributed by atoms with Crippen molar-refractivity contribution in [3.8, 4) is 5.75 Å². The number of unbranched alkanes of at least 4 members (excludes halogenated alkanes) is 1. The van der Waals surface area contributed by atoms with Crippen LogP contribution in [0.5, 0.6) is 5.75 Å². The molecule has 0 N–H and O–H groups in total. The summed E-state index contributed by atoms with van der Waals surface area (Å²) in [5, 5.41) is 3.72. The molecule has 0 saturated heterocycles. The monoisotopic (exact) mass is 206 g/mol. The van der Waals surface area contributed by atoms with Gasteiger partial charge in [-0.15, -0.1) is 0 Å². The van der Waals surface area contributed by atoms with Crippen molar-refractivity contribution in [2.75, 3.05) is 7.11 Å². The second-order valence-corrected chi connectivity index (χ2v) is 3.12. The molecule has 0 spiro atoms. The lowest BCUT2D eigenvalue weighted by atomic mass is 10.2. The minimum absolute atomic E-state index is 0.473. The zero-order valence-corrected chi connectivity index (χ0v) is 9.19. The topological polar surface area (TPSA) is 30.8 Å². The van der Waals surface area contributed by atoms with Crippen LogP contribution in [0.1, 0.15) is 25.3 Å². The molecule has 0 saturated carbocycles.